The van der Waals surface area contributed by atoms with Gasteiger partial charge in [0.15, 0.2) is 15.5 Å². The van der Waals surface area contributed by atoms with E-state index in [2.05, 4.69) is 25.9 Å². The molecule has 0 aromatic rings. The van der Waals surface area contributed by atoms with Crippen molar-refractivity contribution in [3.05, 3.63) is 23.8 Å². The Hall–Kier alpha value is -1.23. The SMILES string of the molecule is CC(C)(C)OC(=O)N1CCS(=O)(=O)C(C2=C3C=NC=C[NH+]3C(Br)=N2)C1.[Cl-]. The van der Waals surface area contributed by atoms with Crippen LogP contribution in [0.25, 0.3) is 0 Å². The number of halogens is 2. The maximum absolute atomic E-state index is 12.6. The van der Waals surface area contributed by atoms with Crippen LogP contribution in [0.15, 0.2) is 33.8 Å². The van der Waals surface area contributed by atoms with E-state index in [9.17, 15) is 13.2 Å². The fourth-order valence-electron chi connectivity index (χ4n) is 2.78. The molecule has 0 saturated carbocycles. The molecule has 0 spiro atoms. The minimum Gasteiger partial charge on any atom is -1.00 e. The van der Waals surface area contributed by atoms with Crippen LogP contribution in [0.2, 0.25) is 0 Å². The van der Waals surface area contributed by atoms with E-state index >= 15 is 0 Å². The lowest BCUT2D eigenvalue weighted by atomic mass is 10.2. The zero-order valence-electron chi connectivity index (χ0n) is 14.6. The number of hydrogen-bond acceptors (Lipinski definition) is 6. The molecule has 0 bridgehead atoms. The Morgan fingerprint density at radius 3 is 2.77 bits per heavy atom. The maximum Gasteiger partial charge on any atom is 0.410 e. The first-order valence-electron chi connectivity index (χ1n) is 7.84. The highest BCUT2D eigenvalue weighted by atomic mass is 79.9. The van der Waals surface area contributed by atoms with Gasteiger partial charge in [-0.05, 0) is 20.8 Å². The minimum absolute atomic E-state index is 0. The molecule has 3 rings (SSSR count). The number of sulfone groups is 1. The molecule has 26 heavy (non-hydrogen) atoms. The zero-order chi connectivity index (χ0) is 18.4. The van der Waals surface area contributed by atoms with Crippen molar-refractivity contribution in [2.45, 2.75) is 31.6 Å². The number of aliphatic imine (C=N–C) groups is 2. The van der Waals surface area contributed by atoms with Gasteiger partial charge in [-0.1, -0.05) is 0 Å². The monoisotopic (exact) mass is 466 g/mol. The van der Waals surface area contributed by atoms with Crippen LogP contribution in [0.4, 0.5) is 4.79 Å². The largest absolute Gasteiger partial charge is 1.00 e. The van der Waals surface area contributed by atoms with Crippen molar-refractivity contribution in [2.75, 3.05) is 18.8 Å². The van der Waals surface area contributed by atoms with Crippen LogP contribution in [0.5, 0.6) is 0 Å². The second-order valence-electron chi connectivity index (χ2n) is 6.99. The Bertz CT molecular complexity index is 829. The van der Waals surface area contributed by atoms with E-state index in [1.165, 1.54) is 4.90 Å². The molecule has 144 valence electrons. The van der Waals surface area contributed by atoms with Crippen molar-refractivity contribution in [3.8, 4) is 0 Å². The van der Waals surface area contributed by atoms with Crippen LogP contribution >= 0.6 is 15.9 Å². The number of carbonyl (C=O) groups is 1. The predicted molar refractivity (Wildman–Crippen MR) is 97.4 cm³/mol. The van der Waals surface area contributed by atoms with E-state index in [0.717, 1.165) is 4.90 Å². The molecule has 0 aliphatic carbocycles. The Kier molecular flexibility index (Phi) is 6.01. The molecule has 1 N–H and O–H groups in total. The van der Waals surface area contributed by atoms with Crippen LogP contribution in [-0.4, -0.2) is 60.1 Å². The summed E-state index contributed by atoms with van der Waals surface area (Å²) in [4.78, 5) is 23.0. The van der Waals surface area contributed by atoms with Gasteiger partial charge in [0.1, 0.15) is 22.7 Å². The van der Waals surface area contributed by atoms with E-state index in [0.29, 0.717) is 16.1 Å². The van der Waals surface area contributed by atoms with Crippen molar-refractivity contribution in [2.24, 2.45) is 9.98 Å². The first-order chi connectivity index (χ1) is 11.6. The lowest BCUT2D eigenvalue weighted by Crippen LogP contribution is -3.07. The normalized spacial score (nSPS) is 26.9. The third kappa shape index (κ3) is 4.19. The average molecular weight is 468 g/mol. The standard InChI is InChI=1S/C15H19BrN4O4S.ClH/c1-15(2,3)24-14(21)19-6-7-25(22,23)11(9-19)12-10-8-17-4-5-20(10)13(16)18-12;/h4-5,8,11H,6-7,9H2,1-3H3;1H. The molecule has 8 nitrogen and oxygen atoms in total. The summed E-state index contributed by atoms with van der Waals surface area (Å²) in [6.45, 7) is 5.46. The van der Waals surface area contributed by atoms with E-state index in [4.69, 9.17) is 4.74 Å². The summed E-state index contributed by atoms with van der Waals surface area (Å²) in [5.74, 6) is -0.122. The molecule has 1 saturated heterocycles. The molecule has 2 unspecified atom stereocenters. The van der Waals surface area contributed by atoms with Gasteiger partial charge < -0.3 is 22.0 Å². The van der Waals surface area contributed by atoms with E-state index < -0.39 is 26.8 Å². The smallest absolute Gasteiger partial charge is 0.410 e. The van der Waals surface area contributed by atoms with Gasteiger partial charge in [0.25, 0.3) is 4.74 Å². The molecular formula is C15H20BrClN4O4S. The number of nitrogens with zero attached hydrogens (tertiary/aromatic N) is 3. The van der Waals surface area contributed by atoms with Crippen LogP contribution in [0.3, 0.4) is 0 Å². The molecule has 11 heteroatoms. The Labute approximate surface area is 167 Å². The van der Waals surface area contributed by atoms with Crippen LogP contribution in [0.1, 0.15) is 20.8 Å². The van der Waals surface area contributed by atoms with Gasteiger partial charge in [0.2, 0.25) is 0 Å². The lowest BCUT2D eigenvalue weighted by molar-refractivity contribution is -0.685. The van der Waals surface area contributed by atoms with Crippen molar-refractivity contribution in [1.29, 1.82) is 0 Å². The highest BCUT2D eigenvalue weighted by Gasteiger charge is 2.44. The second kappa shape index (κ2) is 7.41. The zero-order valence-corrected chi connectivity index (χ0v) is 17.7. The fourth-order valence-corrected chi connectivity index (χ4v) is 5.01. The Balaban J connectivity index is 0.00000243. The fraction of sp³-hybridized carbons (Fsp3) is 0.533. The first kappa shape index (κ1) is 21.1. The molecular weight excluding hydrogens is 448 g/mol. The van der Waals surface area contributed by atoms with Crippen molar-refractivity contribution >= 4 is 42.8 Å². The van der Waals surface area contributed by atoms with Crippen molar-refractivity contribution < 1.29 is 35.3 Å². The lowest BCUT2D eigenvalue weighted by Gasteiger charge is -2.33. The molecule has 1 fully saturated rings. The van der Waals surface area contributed by atoms with Gasteiger partial charge in [0.05, 0.1) is 18.2 Å². The van der Waals surface area contributed by atoms with E-state index in [1.807, 2.05) is 0 Å². The quantitative estimate of drug-likeness (QED) is 0.430. The first-order valence-corrected chi connectivity index (χ1v) is 10.3. The van der Waals surface area contributed by atoms with Gasteiger partial charge in [-0.2, -0.15) is 4.99 Å². The number of ether oxygens (including phenoxy) is 1. The molecule has 0 aromatic heterocycles. The summed E-state index contributed by atoms with van der Waals surface area (Å²) >= 11 is 3.37. The number of quaternary nitrogens is 1. The number of fused-ring (bicyclic) bond motifs is 1. The summed E-state index contributed by atoms with van der Waals surface area (Å²) in [5.41, 5.74) is 0.457. The summed E-state index contributed by atoms with van der Waals surface area (Å²) in [6.07, 6.45) is 4.49. The second-order valence-corrected chi connectivity index (χ2v) is 10.0. The third-order valence-corrected chi connectivity index (χ3v) is 6.56. The average Bonchev–Trinajstić information content (AvgIpc) is 2.82. The van der Waals surface area contributed by atoms with Gasteiger partial charge in [-0.15, -0.1) is 0 Å². The maximum atomic E-state index is 12.6. The predicted octanol–water partition coefficient (Wildman–Crippen LogP) is -2.56. The molecule has 3 aliphatic rings. The summed E-state index contributed by atoms with van der Waals surface area (Å²) < 4.78 is 31.2. The van der Waals surface area contributed by atoms with Crippen LogP contribution in [-0.2, 0) is 14.6 Å². The number of allylic oxidation sites excluding steroid dienone is 1. The molecule has 3 heterocycles. The highest BCUT2D eigenvalue weighted by Crippen LogP contribution is 2.26. The Morgan fingerprint density at radius 1 is 1.42 bits per heavy atom. The van der Waals surface area contributed by atoms with Crippen molar-refractivity contribution in [3.63, 3.8) is 0 Å². The summed E-state index contributed by atoms with van der Waals surface area (Å²) in [5, 5.41) is -0.897. The topological polar surface area (TPSA) is 92.8 Å². The minimum atomic E-state index is -3.43. The number of amidine groups is 1. The number of amides is 1. The van der Waals surface area contributed by atoms with Gasteiger partial charge >= 0.3 is 6.09 Å². The number of rotatable bonds is 1. The van der Waals surface area contributed by atoms with Crippen molar-refractivity contribution in [1.82, 2.24) is 4.90 Å². The summed E-state index contributed by atoms with van der Waals surface area (Å²) in [7, 11) is -3.43. The van der Waals surface area contributed by atoms with E-state index in [1.54, 1.807) is 39.4 Å². The Morgan fingerprint density at radius 2 is 2.12 bits per heavy atom. The van der Waals surface area contributed by atoms with Crippen LogP contribution < -0.4 is 17.3 Å². The highest BCUT2D eigenvalue weighted by molar-refractivity contribution is 9.18. The molecule has 3 aliphatic heterocycles. The van der Waals surface area contributed by atoms with Gasteiger partial charge in [-0.3, -0.25) is 4.99 Å². The molecule has 0 radical (unpaired) electrons. The van der Waals surface area contributed by atoms with Gasteiger partial charge in [-0.25, -0.2) is 18.1 Å². The number of hydrogen-bond donors (Lipinski definition) is 1. The number of carbonyl (C=O) groups excluding carboxylic acids is 1. The van der Waals surface area contributed by atoms with Gasteiger partial charge in [0, 0.05) is 29.0 Å². The molecule has 0 aromatic carbocycles. The van der Waals surface area contributed by atoms with E-state index in [-0.39, 0.29) is 31.2 Å². The molecule has 2 atom stereocenters. The van der Waals surface area contributed by atoms with Crippen LogP contribution in [0, 0.1) is 0 Å². The third-order valence-electron chi connectivity index (χ3n) is 3.96. The molecule has 1 amide bonds. The number of nitrogens with one attached hydrogen (secondary N) is 1. The summed E-state index contributed by atoms with van der Waals surface area (Å²) in [6, 6.07) is 0.